The van der Waals surface area contributed by atoms with Gasteiger partial charge in [-0.3, -0.25) is 9.78 Å². The second kappa shape index (κ2) is 16.2. The fourth-order valence-electron chi connectivity index (χ4n) is 6.61. The van der Waals surface area contributed by atoms with Gasteiger partial charge in [-0.15, -0.1) is 34.9 Å². The van der Waals surface area contributed by atoms with Crippen LogP contribution in [0, 0.1) is 29.7 Å². The first-order valence-corrected chi connectivity index (χ1v) is 20.2. The Kier molecular flexibility index (Phi) is 13.1. The molecule has 281 valence electrons. The van der Waals surface area contributed by atoms with E-state index >= 15 is 0 Å². The van der Waals surface area contributed by atoms with E-state index in [0.29, 0.717) is 5.92 Å². The summed E-state index contributed by atoms with van der Waals surface area (Å²) >= 11 is 3.50. The number of carbonyl (C=O) groups excluding carboxylic acids is 1. The van der Waals surface area contributed by atoms with E-state index in [2.05, 4.69) is 82.2 Å². The molecule has 5 nitrogen and oxygen atoms in total. The molecule has 0 fully saturated rings. The summed E-state index contributed by atoms with van der Waals surface area (Å²) in [4.78, 5) is 22.7. The van der Waals surface area contributed by atoms with Crippen LogP contribution in [0.3, 0.4) is 0 Å². The SMILES string of the molecule is CCC(C)(CC)C(=O)/C=C(\O)C(C)(CC)CC.Cc1oc2cc3sc4ncnc(-c5[c-]c6ccsc6c(C(C)(C)C)c5)c4c3cc2c1CC(C)C.[Ir]. The van der Waals surface area contributed by atoms with E-state index in [1.165, 1.54) is 37.4 Å². The van der Waals surface area contributed by atoms with Crippen molar-refractivity contribution < 1.29 is 34.4 Å². The summed E-state index contributed by atoms with van der Waals surface area (Å²) in [5.74, 6) is 1.87. The topological polar surface area (TPSA) is 76.2 Å². The van der Waals surface area contributed by atoms with Crippen LogP contribution in [0.15, 0.2) is 52.2 Å². The molecule has 1 N–H and O–H groups in total. The largest absolute Gasteiger partial charge is 0.512 e. The maximum atomic E-state index is 12.2. The molecule has 0 saturated carbocycles. The smallest absolute Gasteiger partial charge is 0.164 e. The van der Waals surface area contributed by atoms with E-state index in [1.807, 2.05) is 41.5 Å². The molecule has 0 unspecified atom stereocenters. The number of allylic oxidation sites excluding steroid dienone is 2. The molecule has 4 heterocycles. The fourth-order valence-corrected chi connectivity index (χ4v) is 8.74. The van der Waals surface area contributed by atoms with Crippen molar-refractivity contribution in [3.63, 3.8) is 0 Å². The number of thiophene rings is 2. The van der Waals surface area contributed by atoms with E-state index in [-0.39, 0.29) is 47.9 Å². The van der Waals surface area contributed by atoms with Crippen molar-refractivity contribution in [2.75, 3.05) is 0 Å². The van der Waals surface area contributed by atoms with Gasteiger partial charge in [0.05, 0.1) is 0 Å². The van der Waals surface area contributed by atoms with Crippen LogP contribution in [0.5, 0.6) is 0 Å². The quantitative estimate of drug-likeness (QED) is 0.0842. The van der Waals surface area contributed by atoms with Gasteiger partial charge in [0.15, 0.2) is 5.78 Å². The minimum atomic E-state index is -0.337. The van der Waals surface area contributed by atoms with E-state index in [0.717, 1.165) is 70.3 Å². The Morgan fingerprint density at radius 3 is 2.21 bits per heavy atom. The van der Waals surface area contributed by atoms with Crippen LogP contribution in [0.25, 0.3) is 52.6 Å². The number of aliphatic hydroxyl groups is 1. The predicted octanol–water partition coefficient (Wildman–Crippen LogP) is 13.7. The van der Waals surface area contributed by atoms with Gasteiger partial charge in [0.25, 0.3) is 0 Å². The zero-order valence-electron chi connectivity index (χ0n) is 33.0. The standard InChI is InChI=1S/C29H27N2OS2.C15H28O2.Ir/c1-15(2)9-19-16(3)32-23-13-24-21(12-20(19)23)25-26(30-14-31-28(25)34-24)18-10-17-7-8-33-27(17)22(11-18)29(4,5)6;1-7-14(5,8-2)12(16)11-13(17)15(6,9-3)10-4;/h7-8,11-15H,9H2,1-6H3;11,16H,7-10H2,1-6H3;/q-1;;/b;12-11-;. The normalized spacial score (nSPS) is 12.9. The molecule has 6 aromatic rings. The Hall–Kier alpha value is -2.90. The maximum absolute atomic E-state index is 12.2. The van der Waals surface area contributed by atoms with Gasteiger partial charge in [-0.25, -0.2) is 4.98 Å². The summed E-state index contributed by atoms with van der Waals surface area (Å²) in [6, 6.07) is 12.6. The first-order valence-electron chi connectivity index (χ1n) is 18.5. The first-order chi connectivity index (χ1) is 24.0. The van der Waals surface area contributed by atoms with Crippen molar-refractivity contribution >= 4 is 69.8 Å². The molecular formula is C44H55IrN2O3S2-. The molecular weight excluding hydrogens is 861 g/mol. The zero-order valence-corrected chi connectivity index (χ0v) is 37.0. The van der Waals surface area contributed by atoms with Gasteiger partial charge in [0.1, 0.15) is 28.3 Å². The van der Waals surface area contributed by atoms with Crippen LogP contribution >= 0.6 is 22.7 Å². The Labute approximate surface area is 331 Å². The van der Waals surface area contributed by atoms with Crippen LogP contribution in [-0.4, -0.2) is 20.9 Å². The number of benzene rings is 2. The molecule has 0 spiro atoms. The molecule has 1 radical (unpaired) electrons. The van der Waals surface area contributed by atoms with E-state index < -0.39 is 0 Å². The molecule has 0 saturated heterocycles. The average molecular weight is 916 g/mol. The molecule has 0 bridgehead atoms. The van der Waals surface area contributed by atoms with Crippen LogP contribution in [0.1, 0.15) is 119 Å². The number of aliphatic hydroxyl groups excluding tert-OH is 1. The van der Waals surface area contributed by atoms with Crippen LogP contribution < -0.4 is 0 Å². The zero-order chi connectivity index (χ0) is 37.5. The molecule has 0 aliphatic heterocycles. The van der Waals surface area contributed by atoms with Crippen molar-refractivity contribution in [3.05, 3.63) is 70.8 Å². The average Bonchev–Trinajstić information content (AvgIpc) is 3.80. The minimum absolute atomic E-state index is 0. The first kappa shape index (κ1) is 41.8. The molecule has 4 aromatic heterocycles. The molecule has 6 rings (SSSR count). The summed E-state index contributed by atoms with van der Waals surface area (Å²) in [6.07, 6.45) is 7.45. The minimum Gasteiger partial charge on any atom is -0.512 e. The van der Waals surface area contributed by atoms with Crippen molar-refractivity contribution in [3.8, 4) is 11.3 Å². The predicted molar refractivity (Wildman–Crippen MR) is 219 cm³/mol. The molecule has 0 atom stereocenters. The van der Waals surface area contributed by atoms with Crippen LogP contribution in [-0.2, 0) is 36.7 Å². The summed E-state index contributed by atoms with van der Waals surface area (Å²) in [7, 11) is 0. The molecule has 2 aromatic carbocycles. The summed E-state index contributed by atoms with van der Waals surface area (Å²) in [5.41, 5.74) is 5.03. The van der Waals surface area contributed by atoms with Gasteiger partial charge < -0.3 is 9.52 Å². The van der Waals surface area contributed by atoms with Crippen molar-refractivity contribution in [2.45, 2.75) is 121 Å². The van der Waals surface area contributed by atoms with Gasteiger partial charge >= 0.3 is 0 Å². The fraction of sp³-hybridized carbons (Fsp3) is 0.477. The van der Waals surface area contributed by atoms with Gasteiger partial charge in [0, 0.05) is 63.7 Å². The third-order valence-corrected chi connectivity index (χ3v) is 13.1. The number of rotatable bonds is 10. The number of ketones is 1. The van der Waals surface area contributed by atoms with E-state index in [4.69, 9.17) is 9.40 Å². The molecule has 0 aliphatic rings. The number of hydrogen-bond acceptors (Lipinski definition) is 7. The second-order valence-electron chi connectivity index (χ2n) is 16.0. The monoisotopic (exact) mass is 916 g/mol. The molecule has 52 heavy (non-hydrogen) atoms. The van der Waals surface area contributed by atoms with Gasteiger partial charge in [-0.1, -0.05) is 87.3 Å². The van der Waals surface area contributed by atoms with Gasteiger partial charge in [0.2, 0.25) is 0 Å². The number of furan rings is 1. The van der Waals surface area contributed by atoms with Gasteiger partial charge in [-0.05, 0) is 78.0 Å². The molecule has 0 aliphatic carbocycles. The van der Waals surface area contributed by atoms with Crippen molar-refractivity contribution in [2.24, 2.45) is 16.7 Å². The van der Waals surface area contributed by atoms with Crippen molar-refractivity contribution in [1.82, 2.24) is 9.97 Å². The molecule has 0 amide bonds. The van der Waals surface area contributed by atoms with Crippen LogP contribution in [0.2, 0.25) is 0 Å². The number of hydrogen-bond donors (Lipinski definition) is 1. The Morgan fingerprint density at radius 1 is 0.962 bits per heavy atom. The number of aryl methyl sites for hydroxylation is 1. The number of aromatic nitrogens is 2. The summed E-state index contributed by atoms with van der Waals surface area (Å²) < 4.78 is 8.67. The van der Waals surface area contributed by atoms with Crippen LogP contribution in [0.4, 0.5) is 0 Å². The van der Waals surface area contributed by atoms with Crippen molar-refractivity contribution in [1.29, 1.82) is 0 Å². The number of nitrogens with zero attached hydrogens (tertiary/aromatic N) is 2. The third kappa shape index (κ3) is 8.11. The Morgan fingerprint density at radius 2 is 1.62 bits per heavy atom. The summed E-state index contributed by atoms with van der Waals surface area (Å²) in [6.45, 7) is 25.5. The molecule has 8 heteroatoms. The summed E-state index contributed by atoms with van der Waals surface area (Å²) in [5, 5.41) is 17.0. The van der Waals surface area contributed by atoms with Gasteiger partial charge in [-0.2, -0.15) is 11.3 Å². The third-order valence-electron chi connectivity index (χ3n) is 11.1. The van der Waals surface area contributed by atoms with E-state index in [1.54, 1.807) is 29.0 Å². The Bertz CT molecular complexity index is 2220. The number of carbonyl (C=O) groups is 1. The second-order valence-corrected chi connectivity index (χ2v) is 18.0. The number of fused-ring (bicyclic) bond motifs is 5. The Balaban J connectivity index is 0.000000289. The maximum Gasteiger partial charge on any atom is 0.164 e. The van der Waals surface area contributed by atoms with E-state index in [9.17, 15) is 9.90 Å².